The molecule has 0 saturated carbocycles. The van der Waals surface area contributed by atoms with Gasteiger partial charge in [-0.05, 0) is 37.5 Å². The van der Waals surface area contributed by atoms with Crippen LogP contribution >= 0.6 is 0 Å². The van der Waals surface area contributed by atoms with Crippen molar-refractivity contribution in [2.24, 2.45) is 7.05 Å². The van der Waals surface area contributed by atoms with Gasteiger partial charge in [-0.15, -0.1) is 0 Å². The maximum absolute atomic E-state index is 12.5. The lowest BCUT2D eigenvalue weighted by Crippen LogP contribution is -2.44. The smallest absolute Gasteiger partial charge is 0.247 e. The molecule has 0 bridgehead atoms. The topological polar surface area (TPSA) is 110 Å². The maximum Gasteiger partial charge on any atom is 0.247 e. The third-order valence-corrected chi connectivity index (χ3v) is 8.57. The zero-order valence-electron chi connectivity index (χ0n) is 24.9. The lowest BCUT2D eigenvalue weighted by atomic mass is 10.0. The number of ether oxygens (including phenoxy) is 2. The van der Waals surface area contributed by atoms with Crippen LogP contribution in [0.2, 0.25) is 0 Å². The van der Waals surface area contributed by atoms with Crippen molar-refractivity contribution >= 4 is 39.7 Å². The van der Waals surface area contributed by atoms with E-state index in [2.05, 4.69) is 48.1 Å². The Bertz CT molecular complexity index is 1630. The van der Waals surface area contributed by atoms with Crippen molar-refractivity contribution in [3.63, 3.8) is 0 Å². The first-order valence-corrected chi connectivity index (χ1v) is 14.6. The summed E-state index contributed by atoms with van der Waals surface area (Å²) < 4.78 is 13.3. The molecule has 2 saturated heterocycles. The van der Waals surface area contributed by atoms with Crippen molar-refractivity contribution in [2.75, 3.05) is 55.9 Å². The van der Waals surface area contributed by atoms with Crippen LogP contribution in [-0.2, 0) is 16.6 Å². The van der Waals surface area contributed by atoms with Gasteiger partial charge in [-0.25, -0.2) is 9.97 Å². The molecule has 224 valence electrons. The highest BCUT2D eigenvalue weighted by molar-refractivity contribution is 6.02. The van der Waals surface area contributed by atoms with Gasteiger partial charge in [0.25, 0.3) is 0 Å². The molecule has 4 aromatic rings. The fourth-order valence-corrected chi connectivity index (χ4v) is 6.16. The predicted molar refractivity (Wildman–Crippen MR) is 169 cm³/mol. The number of piperidine rings is 1. The van der Waals surface area contributed by atoms with Crippen LogP contribution in [0.25, 0.3) is 22.2 Å². The lowest BCUT2D eigenvalue weighted by Gasteiger charge is -2.38. The molecule has 2 fully saturated rings. The van der Waals surface area contributed by atoms with E-state index in [1.54, 1.807) is 14.2 Å². The van der Waals surface area contributed by atoms with Gasteiger partial charge < -0.3 is 25.0 Å². The number of methoxy groups -OCH3 is 2. The van der Waals surface area contributed by atoms with Crippen molar-refractivity contribution in [2.45, 2.75) is 31.4 Å². The molecular formula is C32H38N8O3. The van der Waals surface area contributed by atoms with Crippen LogP contribution in [0.1, 0.15) is 19.3 Å². The molecule has 1 amide bonds. The minimum Gasteiger partial charge on any atom is -0.494 e. The van der Waals surface area contributed by atoms with E-state index in [9.17, 15) is 4.79 Å². The number of amides is 1. The third-order valence-electron chi connectivity index (χ3n) is 8.57. The van der Waals surface area contributed by atoms with E-state index < -0.39 is 0 Å². The number of hydrogen-bond donors (Lipinski definition) is 2. The number of rotatable bonds is 9. The number of likely N-dealkylation sites (tertiary alicyclic amines) is 1. The number of aryl methyl sites for hydroxylation is 1. The van der Waals surface area contributed by atoms with Gasteiger partial charge in [0.1, 0.15) is 17.9 Å². The molecule has 11 nitrogen and oxygen atoms in total. The second kappa shape index (κ2) is 12.4. The van der Waals surface area contributed by atoms with Crippen LogP contribution in [0.15, 0.2) is 61.6 Å². The molecule has 2 aromatic carbocycles. The monoisotopic (exact) mass is 582 g/mol. The first kappa shape index (κ1) is 28.6. The molecule has 1 atom stereocenters. The fourth-order valence-electron chi connectivity index (χ4n) is 6.16. The second-order valence-electron chi connectivity index (χ2n) is 11.1. The molecule has 2 N–H and O–H groups in total. The van der Waals surface area contributed by atoms with Gasteiger partial charge in [-0.3, -0.25) is 14.4 Å². The minimum atomic E-state index is -0.273. The summed E-state index contributed by atoms with van der Waals surface area (Å²) in [6, 6.07) is 12.4. The average Bonchev–Trinajstić information content (AvgIpc) is 3.68. The quantitative estimate of drug-likeness (QED) is 0.274. The summed E-state index contributed by atoms with van der Waals surface area (Å²) in [4.78, 5) is 26.3. The van der Waals surface area contributed by atoms with E-state index in [1.165, 1.54) is 12.4 Å². The van der Waals surface area contributed by atoms with E-state index in [4.69, 9.17) is 9.47 Å². The molecule has 0 aliphatic carbocycles. The lowest BCUT2D eigenvalue weighted by molar-refractivity contribution is -0.111. The SMILES string of the molecule is C=CC(=O)Nc1cc(Nc2cc(-c3ccc4cnn(C)c4c3)ncn2)c(OC)cc1N1CCC(N2CCC(OC)C2)CC1. The summed E-state index contributed by atoms with van der Waals surface area (Å²) in [5, 5.41) is 11.8. The molecule has 4 heterocycles. The summed E-state index contributed by atoms with van der Waals surface area (Å²) in [5.74, 6) is 0.973. The molecule has 2 aromatic heterocycles. The van der Waals surface area contributed by atoms with Crippen LogP contribution < -0.4 is 20.3 Å². The van der Waals surface area contributed by atoms with Crippen LogP contribution in [0, 0.1) is 0 Å². The van der Waals surface area contributed by atoms with Crippen molar-refractivity contribution in [1.82, 2.24) is 24.6 Å². The fraction of sp³-hybridized carbons (Fsp3) is 0.375. The molecule has 2 aliphatic heterocycles. The summed E-state index contributed by atoms with van der Waals surface area (Å²) >= 11 is 0. The Labute approximate surface area is 251 Å². The molecule has 1 unspecified atom stereocenters. The van der Waals surface area contributed by atoms with Crippen molar-refractivity contribution in [3.8, 4) is 17.0 Å². The number of nitrogens with one attached hydrogen (secondary N) is 2. The molecular weight excluding hydrogens is 544 g/mol. The highest BCUT2D eigenvalue weighted by Crippen LogP contribution is 2.40. The van der Waals surface area contributed by atoms with Crippen molar-refractivity contribution < 1.29 is 14.3 Å². The number of anilines is 4. The van der Waals surface area contributed by atoms with Gasteiger partial charge in [-0.1, -0.05) is 18.7 Å². The Hall–Kier alpha value is -4.48. The number of aromatic nitrogens is 4. The normalized spacial score (nSPS) is 17.7. The molecule has 0 spiro atoms. The number of hydrogen-bond acceptors (Lipinski definition) is 9. The van der Waals surface area contributed by atoms with Crippen molar-refractivity contribution in [3.05, 3.63) is 61.6 Å². The van der Waals surface area contributed by atoms with Gasteiger partial charge in [0, 0.05) is 69.5 Å². The van der Waals surface area contributed by atoms with Gasteiger partial charge in [0.2, 0.25) is 5.91 Å². The summed E-state index contributed by atoms with van der Waals surface area (Å²) in [6.45, 7) is 7.48. The van der Waals surface area contributed by atoms with Gasteiger partial charge in [0.15, 0.2) is 0 Å². The largest absolute Gasteiger partial charge is 0.494 e. The molecule has 6 rings (SSSR count). The van der Waals surface area contributed by atoms with Gasteiger partial charge >= 0.3 is 0 Å². The number of benzene rings is 2. The van der Waals surface area contributed by atoms with Gasteiger partial charge in [-0.2, -0.15) is 5.10 Å². The first-order valence-electron chi connectivity index (χ1n) is 14.6. The zero-order chi connectivity index (χ0) is 29.9. The minimum absolute atomic E-state index is 0.273. The van der Waals surface area contributed by atoms with Gasteiger partial charge in [0.05, 0.1) is 47.7 Å². The molecule has 43 heavy (non-hydrogen) atoms. The van der Waals surface area contributed by atoms with Crippen LogP contribution in [0.3, 0.4) is 0 Å². The highest BCUT2D eigenvalue weighted by Gasteiger charge is 2.31. The number of fused-ring (bicyclic) bond motifs is 1. The average molecular weight is 583 g/mol. The van der Waals surface area contributed by atoms with E-state index in [1.807, 2.05) is 48.3 Å². The molecule has 2 aliphatic rings. The summed E-state index contributed by atoms with van der Waals surface area (Å²) in [6.07, 6.45) is 8.17. The maximum atomic E-state index is 12.5. The Kier molecular flexibility index (Phi) is 8.26. The molecule has 0 radical (unpaired) electrons. The number of carbonyl (C=O) groups is 1. The van der Waals surface area contributed by atoms with E-state index in [0.29, 0.717) is 35.1 Å². The second-order valence-corrected chi connectivity index (χ2v) is 11.1. The summed E-state index contributed by atoms with van der Waals surface area (Å²) in [5.41, 5.74) is 5.03. The number of nitrogens with zero attached hydrogens (tertiary/aromatic N) is 6. The van der Waals surface area contributed by atoms with E-state index in [0.717, 1.165) is 73.3 Å². The predicted octanol–water partition coefficient (Wildman–Crippen LogP) is 4.60. The van der Waals surface area contributed by atoms with Crippen LogP contribution in [0.5, 0.6) is 5.75 Å². The summed E-state index contributed by atoms with van der Waals surface area (Å²) in [7, 11) is 5.37. The number of carbonyl (C=O) groups excluding carboxylic acids is 1. The Morgan fingerprint density at radius 1 is 1.05 bits per heavy atom. The zero-order valence-corrected chi connectivity index (χ0v) is 24.9. The first-order chi connectivity index (χ1) is 20.9. The third kappa shape index (κ3) is 6.04. The Balaban J connectivity index is 1.25. The van der Waals surface area contributed by atoms with Crippen LogP contribution in [0.4, 0.5) is 22.9 Å². The Morgan fingerprint density at radius 3 is 2.63 bits per heavy atom. The van der Waals surface area contributed by atoms with Crippen molar-refractivity contribution in [1.29, 1.82) is 0 Å². The van der Waals surface area contributed by atoms with Crippen LogP contribution in [-0.4, -0.2) is 83.1 Å². The molecule has 11 heteroatoms. The van der Waals surface area contributed by atoms with E-state index >= 15 is 0 Å². The highest BCUT2D eigenvalue weighted by atomic mass is 16.5. The van der Waals surface area contributed by atoms with E-state index in [-0.39, 0.29) is 5.91 Å². The Morgan fingerprint density at radius 2 is 1.88 bits per heavy atom. The standard InChI is InChI=1S/C32H38N8O3/c1-5-32(41)37-26-15-27(36-31-16-25(33-20-34-31)21-6-7-22-18-35-38(2)28(22)14-21)30(43-4)17-29(26)39-11-8-23(9-12-39)40-13-10-24(19-40)42-3/h5-7,14-18,20,23-24H,1,8-13,19H2,2-4H3,(H,37,41)(H,33,34,36).